The molecule has 1 aromatic heterocycles. The Hall–Kier alpha value is -2.38. The van der Waals surface area contributed by atoms with Crippen molar-refractivity contribution in [1.82, 2.24) is 15.1 Å². The molecular weight excluding hydrogens is 394 g/mol. The fourth-order valence-corrected chi connectivity index (χ4v) is 5.02. The summed E-state index contributed by atoms with van der Waals surface area (Å²) in [5, 5.41) is 4.21. The van der Waals surface area contributed by atoms with Gasteiger partial charge in [0.05, 0.1) is 5.39 Å². The summed E-state index contributed by atoms with van der Waals surface area (Å²) >= 11 is 0. The molecule has 0 radical (unpaired) electrons. The van der Waals surface area contributed by atoms with E-state index in [0.29, 0.717) is 24.3 Å². The number of nitrogens with one attached hydrogen (secondary N) is 1. The summed E-state index contributed by atoms with van der Waals surface area (Å²) in [4.78, 5) is 29.7. The van der Waals surface area contributed by atoms with Crippen molar-refractivity contribution in [3.05, 3.63) is 39.7 Å². The molecule has 2 aliphatic rings. The largest absolute Gasteiger partial charge is 0.480 e. The maximum absolute atomic E-state index is 13.4. The lowest BCUT2D eigenvalue weighted by atomic mass is 9.84. The van der Waals surface area contributed by atoms with Crippen LogP contribution in [0.4, 0.5) is 0 Å². The zero-order chi connectivity index (χ0) is 22.2. The summed E-state index contributed by atoms with van der Waals surface area (Å²) < 4.78 is 11.7. The summed E-state index contributed by atoms with van der Waals surface area (Å²) in [7, 11) is 2.17. The molecule has 1 aromatic carbocycles. The summed E-state index contributed by atoms with van der Waals surface area (Å²) in [5.41, 5.74) is 1.98. The lowest BCUT2D eigenvalue weighted by Crippen LogP contribution is -2.65. The zero-order valence-electron chi connectivity index (χ0n) is 19.0. The molecule has 7 heteroatoms. The van der Waals surface area contributed by atoms with Gasteiger partial charge in [0.2, 0.25) is 0 Å². The van der Waals surface area contributed by atoms with Gasteiger partial charge in [-0.2, -0.15) is 0 Å². The third kappa shape index (κ3) is 4.21. The van der Waals surface area contributed by atoms with Gasteiger partial charge in [0.1, 0.15) is 11.3 Å². The van der Waals surface area contributed by atoms with Crippen LogP contribution in [-0.4, -0.2) is 67.1 Å². The van der Waals surface area contributed by atoms with Crippen molar-refractivity contribution in [2.45, 2.75) is 51.7 Å². The number of ether oxygens (including phenoxy) is 1. The molecule has 2 aromatic rings. The van der Waals surface area contributed by atoms with Gasteiger partial charge in [0, 0.05) is 31.2 Å². The topological polar surface area (TPSA) is 75.0 Å². The van der Waals surface area contributed by atoms with E-state index < -0.39 is 6.10 Å². The first-order valence-electron chi connectivity index (χ1n) is 11.3. The van der Waals surface area contributed by atoms with Gasteiger partial charge >= 0.3 is 5.63 Å². The van der Waals surface area contributed by atoms with Crippen LogP contribution in [-0.2, 0) is 11.2 Å². The van der Waals surface area contributed by atoms with E-state index >= 15 is 0 Å². The van der Waals surface area contributed by atoms with E-state index in [4.69, 9.17) is 9.15 Å². The Morgan fingerprint density at radius 2 is 2.00 bits per heavy atom. The van der Waals surface area contributed by atoms with Crippen molar-refractivity contribution in [2.75, 3.05) is 39.8 Å². The van der Waals surface area contributed by atoms with E-state index in [1.54, 1.807) is 0 Å². The van der Waals surface area contributed by atoms with Gasteiger partial charge in [0.15, 0.2) is 6.10 Å². The monoisotopic (exact) mass is 427 g/mol. The van der Waals surface area contributed by atoms with Crippen LogP contribution in [0.2, 0.25) is 0 Å². The second kappa shape index (κ2) is 8.63. The molecule has 1 amide bonds. The van der Waals surface area contributed by atoms with Gasteiger partial charge in [-0.1, -0.05) is 6.92 Å². The minimum absolute atomic E-state index is 0.0103. The highest BCUT2D eigenvalue weighted by atomic mass is 16.5. The third-order valence-electron chi connectivity index (χ3n) is 6.91. The average Bonchev–Trinajstić information content (AvgIpc) is 2.74. The number of nitrogens with zero attached hydrogens (tertiary/aromatic N) is 2. The van der Waals surface area contributed by atoms with E-state index in [9.17, 15) is 9.59 Å². The Labute approximate surface area is 183 Å². The first-order valence-corrected chi connectivity index (χ1v) is 11.3. The summed E-state index contributed by atoms with van der Waals surface area (Å²) in [6, 6.07) is 5.28. The zero-order valence-corrected chi connectivity index (χ0v) is 19.0. The van der Waals surface area contributed by atoms with Crippen molar-refractivity contribution in [3.63, 3.8) is 0 Å². The maximum Gasteiger partial charge on any atom is 0.336 e. The van der Waals surface area contributed by atoms with Gasteiger partial charge < -0.3 is 19.4 Å². The lowest BCUT2D eigenvalue weighted by Gasteiger charge is -2.51. The summed E-state index contributed by atoms with van der Waals surface area (Å²) in [5.74, 6) is 0.609. The van der Waals surface area contributed by atoms with Crippen molar-refractivity contribution in [2.24, 2.45) is 0 Å². The summed E-state index contributed by atoms with van der Waals surface area (Å²) in [6.07, 6.45) is 2.15. The molecule has 3 heterocycles. The smallest absolute Gasteiger partial charge is 0.336 e. The number of hydrogen-bond acceptors (Lipinski definition) is 6. The third-order valence-corrected chi connectivity index (χ3v) is 6.91. The number of piperidine rings is 1. The number of amides is 1. The number of rotatable bonds is 4. The van der Waals surface area contributed by atoms with E-state index in [1.807, 2.05) is 37.8 Å². The number of carbonyl (C=O) groups excluding carboxylic acids is 1. The standard InChI is InChI=1S/C24H33N3O4/c1-5-18-14-21(28)31-20-13-16(2)12-19(22(18)20)30-17(3)23(29)27-11-10-26(4)24(15-27)6-8-25-9-7-24/h12-14,17,25H,5-11,15H2,1-4H3. The molecule has 168 valence electrons. The highest BCUT2D eigenvalue weighted by Crippen LogP contribution is 2.32. The van der Waals surface area contributed by atoms with Crippen LogP contribution in [0.5, 0.6) is 5.75 Å². The van der Waals surface area contributed by atoms with Gasteiger partial charge in [0.25, 0.3) is 5.91 Å². The Kier molecular flexibility index (Phi) is 6.08. The number of piperazine rings is 1. The first kappa shape index (κ1) is 21.8. The molecular formula is C24H33N3O4. The molecule has 1 atom stereocenters. The number of likely N-dealkylation sites (N-methyl/N-ethyl adjacent to an activating group) is 1. The molecule has 2 fully saturated rings. The van der Waals surface area contributed by atoms with Gasteiger partial charge in [-0.05, 0) is 76.5 Å². The Morgan fingerprint density at radius 1 is 1.26 bits per heavy atom. The molecule has 31 heavy (non-hydrogen) atoms. The molecule has 2 aliphatic heterocycles. The van der Waals surface area contributed by atoms with Gasteiger partial charge in [-0.25, -0.2) is 4.79 Å². The molecule has 4 rings (SSSR count). The molecule has 7 nitrogen and oxygen atoms in total. The normalized spacial score (nSPS) is 20.2. The molecule has 1 unspecified atom stereocenters. The van der Waals surface area contributed by atoms with Crippen molar-refractivity contribution in [3.8, 4) is 5.75 Å². The van der Waals surface area contributed by atoms with E-state index in [-0.39, 0.29) is 17.1 Å². The van der Waals surface area contributed by atoms with Gasteiger partial charge in [-0.15, -0.1) is 0 Å². The minimum Gasteiger partial charge on any atom is -0.480 e. The van der Waals surface area contributed by atoms with Crippen molar-refractivity contribution < 1.29 is 13.9 Å². The molecule has 0 aliphatic carbocycles. The number of carbonyl (C=O) groups is 1. The van der Waals surface area contributed by atoms with Crippen LogP contribution in [0.3, 0.4) is 0 Å². The summed E-state index contributed by atoms with van der Waals surface area (Å²) in [6.45, 7) is 10.0. The number of hydrogen-bond donors (Lipinski definition) is 1. The van der Waals surface area contributed by atoms with Crippen molar-refractivity contribution in [1.29, 1.82) is 0 Å². The van der Waals surface area contributed by atoms with Crippen LogP contribution in [0.1, 0.15) is 37.8 Å². The van der Waals surface area contributed by atoms with Crippen LogP contribution in [0.25, 0.3) is 11.0 Å². The minimum atomic E-state index is -0.621. The Balaban J connectivity index is 1.58. The van der Waals surface area contributed by atoms with E-state index in [0.717, 1.165) is 55.5 Å². The quantitative estimate of drug-likeness (QED) is 0.755. The lowest BCUT2D eigenvalue weighted by molar-refractivity contribution is -0.144. The second-order valence-electron chi connectivity index (χ2n) is 9.00. The van der Waals surface area contributed by atoms with E-state index in [1.165, 1.54) is 6.07 Å². The number of benzene rings is 1. The molecule has 0 bridgehead atoms. The molecule has 1 N–H and O–H groups in total. The number of aryl methyl sites for hydroxylation is 2. The number of fused-ring (bicyclic) bond motifs is 1. The highest BCUT2D eigenvalue weighted by Gasteiger charge is 2.42. The second-order valence-corrected chi connectivity index (χ2v) is 9.00. The Morgan fingerprint density at radius 3 is 2.71 bits per heavy atom. The van der Waals surface area contributed by atoms with E-state index in [2.05, 4.69) is 17.3 Å². The Bertz CT molecular complexity index is 1030. The van der Waals surface area contributed by atoms with Crippen LogP contribution >= 0.6 is 0 Å². The van der Waals surface area contributed by atoms with Crippen LogP contribution in [0, 0.1) is 6.92 Å². The maximum atomic E-state index is 13.4. The average molecular weight is 428 g/mol. The SMILES string of the molecule is CCc1cc(=O)oc2cc(C)cc(OC(C)C(=O)N3CCN(C)C4(CCNCC4)C3)c12. The predicted octanol–water partition coefficient (Wildman–Crippen LogP) is 2.33. The van der Waals surface area contributed by atoms with Crippen molar-refractivity contribution >= 4 is 16.9 Å². The molecule has 1 spiro atoms. The fraction of sp³-hybridized carbons (Fsp3) is 0.583. The van der Waals surface area contributed by atoms with Crippen LogP contribution in [0.15, 0.2) is 27.4 Å². The van der Waals surface area contributed by atoms with Crippen LogP contribution < -0.4 is 15.7 Å². The predicted molar refractivity (Wildman–Crippen MR) is 121 cm³/mol. The van der Waals surface area contributed by atoms with Gasteiger partial charge in [-0.3, -0.25) is 9.69 Å². The highest BCUT2D eigenvalue weighted by molar-refractivity contribution is 5.88. The molecule has 0 saturated carbocycles. The molecule has 2 saturated heterocycles. The fourth-order valence-electron chi connectivity index (χ4n) is 5.02. The first-order chi connectivity index (χ1) is 14.8.